The molecule has 0 amide bonds. The van der Waals surface area contributed by atoms with Gasteiger partial charge < -0.3 is 0 Å². The van der Waals surface area contributed by atoms with Crippen molar-refractivity contribution in [1.82, 2.24) is 10.4 Å². The topological polar surface area (TPSA) is 27.6 Å². The minimum atomic E-state index is 0.921. The number of hydrogen-bond donors (Lipinski definition) is 1. The van der Waals surface area contributed by atoms with Crippen LogP contribution in [0.2, 0.25) is 0 Å². The van der Waals surface area contributed by atoms with E-state index in [1.807, 2.05) is 37.3 Å². The lowest BCUT2D eigenvalue weighted by atomic mass is 10.5. The van der Waals surface area contributed by atoms with Crippen molar-refractivity contribution in [2.75, 3.05) is 7.05 Å². The molecule has 3 nitrogen and oxygen atoms in total. The fourth-order valence-corrected chi connectivity index (χ4v) is 0.785. The van der Waals surface area contributed by atoms with Crippen molar-refractivity contribution in [3.8, 4) is 0 Å². The third-order valence-corrected chi connectivity index (χ3v) is 1.27. The van der Waals surface area contributed by atoms with Crippen molar-refractivity contribution in [1.29, 1.82) is 0 Å². The summed E-state index contributed by atoms with van der Waals surface area (Å²) in [4.78, 5) is 4.11. The molecule has 1 aliphatic rings. The summed E-state index contributed by atoms with van der Waals surface area (Å²) in [5.74, 6) is 0.921. The maximum Gasteiger partial charge on any atom is 0.142 e. The van der Waals surface area contributed by atoms with Gasteiger partial charge in [0, 0.05) is 19.5 Å². The molecule has 1 aliphatic heterocycles. The molecule has 3 heteroatoms. The van der Waals surface area contributed by atoms with Crippen LogP contribution in [-0.2, 0) is 0 Å². The average molecular weight is 137 g/mol. The minimum Gasteiger partial charge on any atom is -0.268 e. The molecule has 54 valence electrons. The van der Waals surface area contributed by atoms with E-state index < -0.39 is 0 Å². The molecule has 1 rings (SSSR count). The van der Waals surface area contributed by atoms with Gasteiger partial charge in [0.2, 0.25) is 0 Å². The van der Waals surface area contributed by atoms with Crippen LogP contribution in [0.1, 0.15) is 6.92 Å². The van der Waals surface area contributed by atoms with Crippen molar-refractivity contribution < 1.29 is 0 Å². The number of rotatable bonds is 1. The van der Waals surface area contributed by atoms with Gasteiger partial charge in [-0.25, -0.2) is 10.4 Å². The smallest absolute Gasteiger partial charge is 0.142 e. The van der Waals surface area contributed by atoms with E-state index in [4.69, 9.17) is 0 Å². The minimum absolute atomic E-state index is 0.921. The molecule has 0 aromatic heterocycles. The first-order valence-corrected chi connectivity index (χ1v) is 3.22. The number of hydrogen-bond acceptors (Lipinski definition) is 3. The highest BCUT2D eigenvalue weighted by Gasteiger charge is 2.01. The van der Waals surface area contributed by atoms with E-state index in [9.17, 15) is 0 Å². The maximum absolute atomic E-state index is 4.11. The number of hydrazine groups is 1. The van der Waals surface area contributed by atoms with Gasteiger partial charge in [-0.15, -0.1) is 0 Å². The second-order valence-electron chi connectivity index (χ2n) is 1.86. The Bertz CT molecular complexity index is 191. The number of aliphatic imine (C=N–C) groups is 1. The molecule has 0 saturated heterocycles. The monoisotopic (exact) mass is 137 g/mol. The first-order valence-electron chi connectivity index (χ1n) is 3.22. The Labute approximate surface area is 60.7 Å². The zero-order valence-corrected chi connectivity index (χ0v) is 6.20. The Morgan fingerprint density at radius 2 is 2.50 bits per heavy atom. The van der Waals surface area contributed by atoms with Crippen LogP contribution in [-0.4, -0.2) is 18.3 Å². The van der Waals surface area contributed by atoms with Gasteiger partial charge in [-0.2, -0.15) is 0 Å². The van der Waals surface area contributed by atoms with Crippen LogP contribution >= 0.6 is 0 Å². The first-order chi connectivity index (χ1) is 4.88. The van der Waals surface area contributed by atoms with E-state index >= 15 is 0 Å². The van der Waals surface area contributed by atoms with Crippen molar-refractivity contribution in [3.63, 3.8) is 0 Å². The zero-order valence-electron chi connectivity index (χ0n) is 6.20. The lowest BCUT2D eigenvalue weighted by Crippen LogP contribution is -2.29. The fourth-order valence-electron chi connectivity index (χ4n) is 0.785. The van der Waals surface area contributed by atoms with Gasteiger partial charge in [0.25, 0.3) is 0 Å². The van der Waals surface area contributed by atoms with Crippen molar-refractivity contribution in [3.05, 3.63) is 24.2 Å². The molecule has 0 aromatic rings. The number of nitrogens with zero attached hydrogens (tertiary/aromatic N) is 2. The molecule has 1 heterocycles. The Morgan fingerprint density at radius 3 is 3.00 bits per heavy atom. The predicted octanol–water partition coefficient (Wildman–Crippen LogP) is 0.882. The highest BCUT2D eigenvalue weighted by molar-refractivity contribution is 5.73. The SMILES string of the molecule is C/C=C1/N=CC=CN1NC. The lowest BCUT2D eigenvalue weighted by molar-refractivity contribution is 0.368. The molecule has 0 saturated carbocycles. The summed E-state index contributed by atoms with van der Waals surface area (Å²) in [5, 5.41) is 1.85. The fraction of sp³-hybridized carbons (Fsp3) is 0.286. The summed E-state index contributed by atoms with van der Waals surface area (Å²) in [7, 11) is 1.86. The van der Waals surface area contributed by atoms with E-state index in [1.54, 1.807) is 6.21 Å². The van der Waals surface area contributed by atoms with Crippen LogP contribution in [0.3, 0.4) is 0 Å². The van der Waals surface area contributed by atoms with Crippen LogP contribution in [0.5, 0.6) is 0 Å². The van der Waals surface area contributed by atoms with E-state index in [0.717, 1.165) is 5.82 Å². The highest BCUT2D eigenvalue weighted by Crippen LogP contribution is 2.05. The van der Waals surface area contributed by atoms with Gasteiger partial charge in [-0.05, 0) is 19.1 Å². The van der Waals surface area contributed by atoms with E-state index in [1.165, 1.54) is 0 Å². The molecule has 0 radical (unpaired) electrons. The summed E-state index contributed by atoms with van der Waals surface area (Å²) >= 11 is 0. The maximum atomic E-state index is 4.11. The highest BCUT2D eigenvalue weighted by atomic mass is 15.5. The average Bonchev–Trinajstić information content (AvgIpc) is 2.04. The van der Waals surface area contributed by atoms with Gasteiger partial charge in [0.15, 0.2) is 0 Å². The van der Waals surface area contributed by atoms with Gasteiger partial charge in [-0.3, -0.25) is 5.01 Å². The predicted molar refractivity (Wildman–Crippen MR) is 42.3 cm³/mol. The van der Waals surface area contributed by atoms with Crippen LogP contribution in [0, 0.1) is 0 Å². The molecule has 0 aromatic carbocycles. The van der Waals surface area contributed by atoms with E-state index in [0.29, 0.717) is 0 Å². The normalized spacial score (nSPS) is 20.6. The standard InChI is InChI=1S/C7H11N3/c1-3-7-9-5-4-6-10(7)8-2/h3-6,8H,1-2H3/b7-3-. The molecular formula is C7H11N3. The first kappa shape index (κ1) is 7.02. The molecule has 1 N–H and O–H groups in total. The summed E-state index contributed by atoms with van der Waals surface area (Å²) < 4.78 is 0. The second-order valence-corrected chi connectivity index (χ2v) is 1.86. The lowest BCUT2D eigenvalue weighted by Gasteiger charge is -2.20. The molecular weight excluding hydrogens is 126 g/mol. The molecule has 0 fully saturated rings. The summed E-state index contributed by atoms with van der Waals surface area (Å²) in [6, 6.07) is 0. The quantitative estimate of drug-likeness (QED) is 0.581. The van der Waals surface area contributed by atoms with E-state index in [-0.39, 0.29) is 0 Å². The molecule has 0 aliphatic carbocycles. The number of allylic oxidation sites excluding steroid dienone is 2. The third-order valence-electron chi connectivity index (χ3n) is 1.27. The van der Waals surface area contributed by atoms with Crippen LogP contribution in [0.4, 0.5) is 0 Å². The Morgan fingerprint density at radius 1 is 1.70 bits per heavy atom. The molecule has 0 atom stereocenters. The second kappa shape index (κ2) is 3.17. The van der Waals surface area contributed by atoms with Gasteiger partial charge in [-0.1, -0.05) is 0 Å². The van der Waals surface area contributed by atoms with Crippen LogP contribution in [0.15, 0.2) is 29.2 Å². The zero-order chi connectivity index (χ0) is 7.40. The molecule has 0 spiro atoms. The van der Waals surface area contributed by atoms with E-state index in [2.05, 4.69) is 10.4 Å². The van der Waals surface area contributed by atoms with Gasteiger partial charge in [0.05, 0.1) is 0 Å². The summed E-state index contributed by atoms with van der Waals surface area (Å²) in [6.45, 7) is 1.95. The molecule has 0 unspecified atom stereocenters. The molecule has 0 bridgehead atoms. The van der Waals surface area contributed by atoms with Gasteiger partial charge >= 0.3 is 0 Å². The Hall–Kier alpha value is -1.09. The summed E-state index contributed by atoms with van der Waals surface area (Å²) in [6.07, 6.45) is 7.51. The van der Waals surface area contributed by atoms with Crippen molar-refractivity contribution in [2.24, 2.45) is 4.99 Å². The van der Waals surface area contributed by atoms with Crippen molar-refractivity contribution >= 4 is 6.21 Å². The largest absolute Gasteiger partial charge is 0.268 e. The third kappa shape index (κ3) is 1.25. The van der Waals surface area contributed by atoms with Crippen LogP contribution in [0.25, 0.3) is 0 Å². The van der Waals surface area contributed by atoms with Crippen LogP contribution < -0.4 is 5.43 Å². The van der Waals surface area contributed by atoms with Gasteiger partial charge in [0.1, 0.15) is 5.82 Å². The van der Waals surface area contributed by atoms with Crippen molar-refractivity contribution in [2.45, 2.75) is 6.92 Å². The number of nitrogens with one attached hydrogen (secondary N) is 1. The Kier molecular flexibility index (Phi) is 2.23. The Balaban J connectivity index is 2.74. The summed E-state index contributed by atoms with van der Waals surface area (Å²) in [5.41, 5.74) is 2.97. The molecule has 10 heavy (non-hydrogen) atoms.